The Kier molecular flexibility index (Phi) is 6.12. The van der Waals surface area contributed by atoms with Crippen LogP contribution in [0.2, 0.25) is 5.02 Å². The average Bonchev–Trinajstić information content (AvgIpc) is 3.12. The Morgan fingerprint density at radius 3 is 2.69 bits per heavy atom. The first-order chi connectivity index (χ1) is 13.5. The highest BCUT2D eigenvalue weighted by atomic mass is 35.5. The lowest BCUT2D eigenvalue weighted by Gasteiger charge is -2.43. The molecule has 0 radical (unpaired) electrons. The number of carbonyl (C=O) groups is 1. The molecule has 0 unspecified atom stereocenters. The molecule has 3 rings (SSSR count). The van der Waals surface area contributed by atoms with Gasteiger partial charge in [-0.1, -0.05) is 25.4 Å². The smallest absolute Gasteiger partial charge is 0.318 e. The molecular formula is C19H27ClN4O4S. The Balaban J connectivity index is 1.69. The number of carbonyl (C=O) groups excluding carboxylic acids is 1. The number of sulfone groups is 1. The Morgan fingerprint density at radius 2 is 2.07 bits per heavy atom. The van der Waals surface area contributed by atoms with Crippen molar-refractivity contribution in [3.8, 4) is 0 Å². The molecule has 1 atom stereocenters. The van der Waals surface area contributed by atoms with Gasteiger partial charge in [0.05, 0.1) is 17.8 Å². The molecule has 8 nitrogen and oxygen atoms in total. The van der Waals surface area contributed by atoms with Gasteiger partial charge in [-0.2, -0.15) is 5.10 Å². The maximum Gasteiger partial charge on any atom is 0.318 e. The number of rotatable bonds is 5. The predicted molar refractivity (Wildman–Crippen MR) is 112 cm³/mol. The molecule has 1 aliphatic heterocycles. The summed E-state index contributed by atoms with van der Waals surface area (Å²) in [5.74, 6) is -0.196. The summed E-state index contributed by atoms with van der Waals surface area (Å²) in [6.45, 7) is 5.05. The second-order valence-corrected chi connectivity index (χ2v) is 10.9. The number of nitrogens with zero attached hydrogens (tertiary/aromatic N) is 2. The second-order valence-electron chi connectivity index (χ2n) is 8.37. The standard InChI is InChI=1S/C19H27ClN4O4S/c1-19(2,17(25)15-9-14(20)8-12-10-22-23-16(12)15)13-4-6-24(7-5-13)18(26)21-11-29(3,27)28/h8-10,13,17,25H,4-7,11H2,1-3H3,(H,21,26)(H,22,23)/t17-/m1/s1. The summed E-state index contributed by atoms with van der Waals surface area (Å²) in [4.78, 5) is 13.8. The fourth-order valence-corrected chi connectivity index (χ4v) is 4.64. The van der Waals surface area contributed by atoms with Crippen LogP contribution in [0.15, 0.2) is 18.3 Å². The molecule has 2 heterocycles. The normalized spacial score (nSPS) is 17.5. The summed E-state index contributed by atoms with van der Waals surface area (Å²) in [6.07, 6.45) is 3.42. The molecule has 0 bridgehead atoms. The minimum atomic E-state index is -3.26. The van der Waals surface area contributed by atoms with Crippen molar-refractivity contribution in [2.45, 2.75) is 32.8 Å². The van der Waals surface area contributed by atoms with Gasteiger partial charge in [0.25, 0.3) is 0 Å². The minimum Gasteiger partial charge on any atom is -0.388 e. The SMILES string of the molecule is CC(C)(C1CCN(C(=O)NCS(C)(=O)=O)CC1)[C@H](O)c1cc(Cl)cc2cn[nH]c12. The molecule has 1 aromatic carbocycles. The predicted octanol–water partition coefficient (Wildman–Crippen LogP) is 2.70. The molecule has 0 spiro atoms. The number of likely N-dealkylation sites (tertiary alicyclic amines) is 1. The maximum absolute atomic E-state index is 12.2. The zero-order valence-corrected chi connectivity index (χ0v) is 18.3. The van der Waals surface area contributed by atoms with E-state index >= 15 is 0 Å². The third-order valence-corrected chi connectivity index (χ3v) is 6.75. The number of urea groups is 1. The van der Waals surface area contributed by atoms with Gasteiger partial charge < -0.3 is 15.3 Å². The maximum atomic E-state index is 12.2. The van der Waals surface area contributed by atoms with E-state index in [-0.39, 0.29) is 17.8 Å². The van der Waals surface area contributed by atoms with Gasteiger partial charge >= 0.3 is 6.03 Å². The highest BCUT2D eigenvalue weighted by Gasteiger charge is 2.40. The molecule has 29 heavy (non-hydrogen) atoms. The van der Waals surface area contributed by atoms with Crippen molar-refractivity contribution in [1.82, 2.24) is 20.4 Å². The number of hydrogen-bond acceptors (Lipinski definition) is 5. The molecule has 1 aliphatic rings. The lowest BCUT2D eigenvalue weighted by Crippen LogP contribution is -2.48. The van der Waals surface area contributed by atoms with Crippen LogP contribution in [0.4, 0.5) is 4.79 Å². The number of aliphatic hydroxyl groups is 1. The van der Waals surface area contributed by atoms with E-state index in [2.05, 4.69) is 15.5 Å². The van der Waals surface area contributed by atoms with Gasteiger partial charge in [-0.15, -0.1) is 0 Å². The quantitative estimate of drug-likeness (QED) is 0.658. The van der Waals surface area contributed by atoms with E-state index in [4.69, 9.17) is 11.6 Å². The molecule has 1 saturated heterocycles. The molecule has 0 saturated carbocycles. The molecule has 1 fully saturated rings. The number of nitrogens with one attached hydrogen (secondary N) is 2. The first kappa shape index (κ1) is 21.9. The lowest BCUT2D eigenvalue weighted by molar-refractivity contribution is -0.0143. The van der Waals surface area contributed by atoms with Gasteiger partial charge in [0.1, 0.15) is 5.88 Å². The van der Waals surface area contributed by atoms with Gasteiger partial charge in [-0.25, -0.2) is 13.2 Å². The van der Waals surface area contributed by atoms with E-state index < -0.39 is 21.4 Å². The van der Waals surface area contributed by atoms with E-state index in [0.717, 1.165) is 17.2 Å². The molecule has 3 N–H and O–H groups in total. The van der Waals surface area contributed by atoms with Gasteiger partial charge in [0, 0.05) is 35.3 Å². The molecule has 2 amide bonds. The van der Waals surface area contributed by atoms with Crippen LogP contribution in [0, 0.1) is 11.3 Å². The number of hydrogen-bond donors (Lipinski definition) is 3. The summed E-state index contributed by atoms with van der Waals surface area (Å²) >= 11 is 6.23. The Hall–Kier alpha value is -1.84. The second kappa shape index (κ2) is 8.12. The number of benzene rings is 1. The Morgan fingerprint density at radius 1 is 1.41 bits per heavy atom. The topological polar surface area (TPSA) is 115 Å². The number of amides is 2. The van der Waals surface area contributed by atoms with Gasteiger partial charge in [0.15, 0.2) is 9.84 Å². The van der Waals surface area contributed by atoms with Crippen molar-refractivity contribution < 1.29 is 18.3 Å². The first-order valence-corrected chi connectivity index (χ1v) is 11.9. The minimum absolute atomic E-state index is 0.174. The summed E-state index contributed by atoms with van der Waals surface area (Å²) < 4.78 is 22.5. The van der Waals surface area contributed by atoms with E-state index in [1.807, 2.05) is 13.8 Å². The average molecular weight is 443 g/mol. The summed E-state index contributed by atoms with van der Waals surface area (Å²) in [7, 11) is -3.26. The van der Waals surface area contributed by atoms with Crippen molar-refractivity contribution in [3.63, 3.8) is 0 Å². The number of H-pyrrole nitrogens is 1. The number of piperidine rings is 1. The number of aromatic nitrogens is 2. The number of aliphatic hydroxyl groups excluding tert-OH is 1. The first-order valence-electron chi connectivity index (χ1n) is 9.50. The van der Waals surface area contributed by atoms with Crippen LogP contribution >= 0.6 is 11.6 Å². The van der Waals surface area contributed by atoms with E-state index in [1.165, 1.54) is 0 Å². The van der Waals surface area contributed by atoms with Gasteiger partial charge in [0.2, 0.25) is 0 Å². The van der Waals surface area contributed by atoms with E-state index in [1.54, 1.807) is 23.2 Å². The molecule has 10 heteroatoms. The van der Waals surface area contributed by atoms with Crippen LogP contribution in [0.5, 0.6) is 0 Å². The van der Waals surface area contributed by atoms with Crippen LogP contribution in [0.1, 0.15) is 38.4 Å². The summed E-state index contributed by atoms with van der Waals surface area (Å²) in [5, 5.41) is 22.1. The monoisotopic (exact) mass is 442 g/mol. The van der Waals surface area contributed by atoms with Crippen LogP contribution in [0.3, 0.4) is 0 Å². The van der Waals surface area contributed by atoms with Crippen molar-refractivity contribution >= 4 is 38.4 Å². The number of fused-ring (bicyclic) bond motifs is 1. The van der Waals surface area contributed by atoms with E-state index in [0.29, 0.717) is 36.5 Å². The van der Waals surface area contributed by atoms with Crippen molar-refractivity contribution in [2.24, 2.45) is 11.3 Å². The number of halogens is 1. The number of aromatic amines is 1. The third-order valence-electron chi connectivity index (χ3n) is 5.86. The van der Waals surface area contributed by atoms with Crippen molar-refractivity contribution in [2.75, 3.05) is 25.2 Å². The highest BCUT2D eigenvalue weighted by molar-refractivity contribution is 7.90. The zero-order chi connectivity index (χ0) is 21.4. The van der Waals surface area contributed by atoms with Crippen LogP contribution in [-0.2, 0) is 9.84 Å². The molecule has 0 aliphatic carbocycles. The van der Waals surface area contributed by atoms with Crippen LogP contribution in [0.25, 0.3) is 10.9 Å². The third kappa shape index (κ3) is 4.84. The molecular weight excluding hydrogens is 416 g/mol. The van der Waals surface area contributed by atoms with Gasteiger partial charge in [-0.3, -0.25) is 5.10 Å². The highest BCUT2D eigenvalue weighted by Crippen LogP contribution is 2.46. The Labute approximate surface area is 175 Å². The zero-order valence-electron chi connectivity index (χ0n) is 16.8. The van der Waals surface area contributed by atoms with Crippen LogP contribution < -0.4 is 5.32 Å². The lowest BCUT2D eigenvalue weighted by atomic mass is 9.68. The van der Waals surface area contributed by atoms with E-state index in [9.17, 15) is 18.3 Å². The van der Waals surface area contributed by atoms with Crippen molar-refractivity contribution in [3.05, 3.63) is 28.9 Å². The fraction of sp³-hybridized carbons (Fsp3) is 0.579. The molecule has 1 aromatic heterocycles. The summed E-state index contributed by atoms with van der Waals surface area (Å²) in [5.41, 5.74) is 1.02. The summed E-state index contributed by atoms with van der Waals surface area (Å²) in [6, 6.07) is 3.20. The fourth-order valence-electron chi connectivity index (χ4n) is 4.02. The van der Waals surface area contributed by atoms with Crippen LogP contribution in [-0.4, -0.2) is 59.9 Å². The molecule has 2 aromatic rings. The van der Waals surface area contributed by atoms with Gasteiger partial charge in [-0.05, 0) is 36.3 Å². The largest absolute Gasteiger partial charge is 0.388 e. The molecule has 160 valence electrons. The van der Waals surface area contributed by atoms with Crippen molar-refractivity contribution in [1.29, 1.82) is 0 Å². The Bertz CT molecular complexity index is 997.